The Morgan fingerprint density at radius 3 is 2.27 bits per heavy atom. The molecule has 0 fully saturated rings. The summed E-state index contributed by atoms with van der Waals surface area (Å²) in [6.45, 7) is 6.28. The maximum absolute atomic E-state index is 14.8. The van der Waals surface area contributed by atoms with E-state index in [1.54, 1.807) is 36.4 Å². The number of benzene rings is 3. The maximum Gasteiger partial charge on any atom is 0.243 e. The van der Waals surface area contributed by atoms with Crippen molar-refractivity contribution in [1.29, 1.82) is 0 Å². The first-order valence-corrected chi connectivity index (χ1v) is 15.7. The zero-order valence-corrected chi connectivity index (χ0v) is 25.0. The summed E-state index contributed by atoms with van der Waals surface area (Å²) >= 11 is 0. The van der Waals surface area contributed by atoms with Crippen molar-refractivity contribution in [2.24, 2.45) is 5.92 Å². The average molecular weight is 582 g/mol. The Morgan fingerprint density at radius 1 is 0.951 bits per heavy atom. The van der Waals surface area contributed by atoms with Gasteiger partial charge in [-0.3, -0.25) is 13.9 Å². The molecule has 3 aromatic carbocycles. The molecule has 0 aliphatic rings. The number of nitrogens with one attached hydrogen (secondary N) is 1. The largest absolute Gasteiger partial charge is 0.354 e. The van der Waals surface area contributed by atoms with Crippen LogP contribution in [0.25, 0.3) is 0 Å². The van der Waals surface area contributed by atoms with Gasteiger partial charge in [-0.05, 0) is 48.6 Å². The molecule has 41 heavy (non-hydrogen) atoms. The molecule has 9 heteroatoms. The summed E-state index contributed by atoms with van der Waals surface area (Å²) in [5.74, 6) is -0.930. The topological polar surface area (TPSA) is 86.8 Å². The van der Waals surface area contributed by atoms with Crippen LogP contribution in [0, 0.1) is 18.7 Å². The molecule has 0 spiro atoms. The lowest BCUT2D eigenvalue weighted by Crippen LogP contribution is -2.51. The first-order chi connectivity index (χ1) is 19.5. The van der Waals surface area contributed by atoms with Crippen molar-refractivity contribution in [3.63, 3.8) is 0 Å². The van der Waals surface area contributed by atoms with Gasteiger partial charge in [-0.25, -0.2) is 12.8 Å². The number of sulfonamides is 1. The highest BCUT2D eigenvalue weighted by Crippen LogP contribution is 2.21. The second kappa shape index (κ2) is 14.8. The predicted octanol–water partition coefficient (Wildman–Crippen LogP) is 5.09. The van der Waals surface area contributed by atoms with E-state index in [-0.39, 0.29) is 50.1 Å². The highest BCUT2D eigenvalue weighted by Gasteiger charge is 2.31. The van der Waals surface area contributed by atoms with Crippen molar-refractivity contribution < 1.29 is 22.4 Å². The minimum atomic E-state index is -3.60. The van der Waals surface area contributed by atoms with Gasteiger partial charge in [0.1, 0.15) is 11.9 Å². The predicted molar refractivity (Wildman–Crippen MR) is 161 cm³/mol. The molecule has 1 N–H and O–H groups in total. The third-order valence-electron chi connectivity index (χ3n) is 6.70. The van der Waals surface area contributed by atoms with Crippen LogP contribution in [-0.4, -0.2) is 50.5 Å². The molecule has 2 amide bonds. The number of aryl methyl sites for hydroxylation is 1. The number of carbonyl (C=O) groups is 2. The maximum atomic E-state index is 14.8. The van der Waals surface area contributed by atoms with Gasteiger partial charge in [-0.1, -0.05) is 74.5 Å². The van der Waals surface area contributed by atoms with E-state index in [0.29, 0.717) is 17.8 Å². The summed E-state index contributed by atoms with van der Waals surface area (Å²) in [5, 5.41) is 2.95. The van der Waals surface area contributed by atoms with Crippen LogP contribution in [0.3, 0.4) is 0 Å². The van der Waals surface area contributed by atoms with Gasteiger partial charge in [0.15, 0.2) is 0 Å². The third-order valence-corrected chi connectivity index (χ3v) is 7.89. The molecule has 7 nitrogen and oxygen atoms in total. The van der Waals surface area contributed by atoms with Gasteiger partial charge in [0.25, 0.3) is 0 Å². The van der Waals surface area contributed by atoms with Crippen molar-refractivity contribution in [3.05, 3.63) is 101 Å². The summed E-state index contributed by atoms with van der Waals surface area (Å²) in [4.78, 5) is 28.8. The smallest absolute Gasteiger partial charge is 0.243 e. The number of anilines is 1. The molecule has 0 heterocycles. The van der Waals surface area contributed by atoms with Gasteiger partial charge in [0.2, 0.25) is 21.8 Å². The van der Waals surface area contributed by atoms with Crippen molar-refractivity contribution in [3.8, 4) is 0 Å². The van der Waals surface area contributed by atoms with Crippen LogP contribution in [0.15, 0.2) is 78.9 Å². The lowest BCUT2D eigenvalue weighted by molar-refractivity contribution is -0.141. The Kier molecular flexibility index (Phi) is 11.5. The minimum Gasteiger partial charge on any atom is -0.354 e. The highest BCUT2D eigenvalue weighted by atomic mass is 32.2. The molecule has 0 aliphatic carbocycles. The van der Waals surface area contributed by atoms with Gasteiger partial charge >= 0.3 is 0 Å². The van der Waals surface area contributed by atoms with Crippen LogP contribution < -0.4 is 9.62 Å². The quantitative estimate of drug-likeness (QED) is 0.287. The lowest BCUT2D eigenvalue weighted by Gasteiger charge is -2.32. The summed E-state index contributed by atoms with van der Waals surface area (Å²) in [5.41, 5.74) is 2.61. The third kappa shape index (κ3) is 9.70. The molecule has 3 aromatic rings. The van der Waals surface area contributed by atoms with Crippen LogP contribution in [0.2, 0.25) is 0 Å². The van der Waals surface area contributed by atoms with Crippen molar-refractivity contribution >= 4 is 27.5 Å². The van der Waals surface area contributed by atoms with Crippen molar-refractivity contribution in [2.75, 3.05) is 23.7 Å². The fourth-order valence-electron chi connectivity index (χ4n) is 4.57. The number of halogens is 1. The number of hydrogen-bond acceptors (Lipinski definition) is 4. The molecule has 0 aliphatic heterocycles. The van der Waals surface area contributed by atoms with Crippen LogP contribution in [0.1, 0.15) is 43.4 Å². The first-order valence-electron chi connectivity index (χ1n) is 13.8. The Labute approximate surface area is 243 Å². The van der Waals surface area contributed by atoms with Crippen molar-refractivity contribution in [1.82, 2.24) is 10.2 Å². The van der Waals surface area contributed by atoms with Gasteiger partial charge < -0.3 is 10.2 Å². The van der Waals surface area contributed by atoms with E-state index in [4.69, 9.17) is 0 Å². The van der Waals surface area contributed by atoms with E-state index in [9.17, 15) is 22.4 Å². The Hall–Kier alpha value is -3.72. The van der Waals surface area contributed by atoms with Gasteiger partial charge in [-0.2, -0.15) is 0 Å². The zero-order valence-electron chi connectivity index (χ0n) is 24.2. The number of amides is 2. The number of rotatable bonds is 14. The normalized spacial score (nSPS) is 12.1. The first kappa shape index (κ1) is 31.8. The second-order valence-electron chi connectivity index (χ2n) is 10.7. The Morgan fingerprint density at radius 2 is 1.63 bits per heavy atom. The number of hydrogen-bond donors (Lipinski definition) is 1. The van der Waals surface area contributed by atoms with Crippen LogP contribution in [-0.2, 0) is 32.6 Å². The van der Waals surface area contributed by atoms with Crippen molar-refractivity contribution in [2.45, 2.75) is 52.6 Å². The fourth-order valence-corrected chi connectivity index (χ4v) is 5.53. The summed E-state index contributed by atoms with van der Waals surface area (Å²) < 4.78 is 41.2. The van der Waals surface area contributed by atoms with Gasteiger partial charge in [0.05, 0.1) is 11.9 Å². The second-order valence-corrected chi connectivity index (χ2v) is 12.6. The molecule has 0 saturated carbocycles. The molecule has 0 saturated heterocycles. The van der Waals surface area contributed by atoms with Crippen LogP contribution >= 0.6 is 0 Å². The Balaban J connectivity index is 1.89. The van der Waals surface area contributed by atoms with Crippen LogP contribution in [0.4, 0.5) is 10.1 Å². The zero-order chi connectivity index (χ0) is 30.0. The molecule has 0 radical (unpaired) electrons. The number of carbonyl (C=O) groups excluding carboxylic acids is 2. The van der Waals surface area contributed by atoms with E-state index in [2.05, 4.69) is 5.32 Å². The molecular weight excluding hydrogens is 541 g/mol. The van der Waals surface area contributed by atoms with E-state index >= 15 is 0 Å². The molecular formula is C32H40FN3O4S. The molecule has 220 valence electrons. The standard InChI is InChI=1S/C32H40FN3O4S/c1-24(2)22-34-32(38)30(21-26-13-6-5-7-14-26)35(23-27-15-8-9-17-29(27)33)31(37)18-11-19-36(41(4,39)40)28-16-10-12-25(3)20-28/h5-10,12-17,20,24,30H,11,18-19,21-23H2,1-4H3,(H,34,38)/t30-/m0/s1. The van der Waals surface area contributed by atoms with Crippen LogP contribution in [0.5, 0.6) is 0 Å². The van der Waals surface area contributed by atoms with Gasteiger partial charge in [-0.15, -0.1) is 0 Å². The molecule has 0 unspecified atom stereocenters. The minimum absolute atomic E-state index is 0.0188. The summed E-state index contributed by atoms with van der Waals surface area (Å²) in [6.07, 6.45) is 1.59. The average Bonchev–Trinajstić information content (AvgIpc) is 2.92. The molecule has 1 atom stereocenters. The van der Waals surface area contributed by atoms with E-state index in [1.165, 1.54) is 15.3 Å². The fraction of sp³-hybridized carbons (Fsp3) is 0.375. The van der Waals surface area contributed by atoms with E-state index in [1.807, 2.05) is 57.2 Å². The molecule has 0 bridgehead atoms. The monoisotopic (exact) mass is 581 g/mol. The summed E-state index contributed by atoms with van der Waals surface area (Å²) in [7, 11) is -3.60. The van der Waals surface area contributed by atoms with E-state index < -0.39 is 21.9 Å². The molecule has 3 rings (SSSR count). The molecule has 0 aromatic heterocycles. The summed E-state index contributed by atoms with van der Waals surface area (Å²) in [6, 6.07) is 21.9. The van der Waals surface area contributed by atoms with Gasteiger partial charge in [0, 0.05) is 38.0 Å². The highest BCUT2D eigenvalue weighted by molar-refractivity contribution is 7.92. The van der Waals surface area contributed by atoms with E-state index in [0.717, 1.165) is 17.4 Å². The SMILES string of the molecule is Cc1cccc(N(CCCC(=O)N(Cc2ccccc2F)[C@@H](Cc2ccccc2)C(=O)NCC(C)C)S(C)(=O)=O)c1. The Bertz CT molecular complexity index is 1410. The number of nitrogens with zero attached hydrogens (tertiary/aromatic N) is 2. The lowest BCUT2D eigenvalue weighted by atomic mass is 10.0.